The van der Waals surface area contributed by atoms with E-state index < -0.39 is 25.7 Å². The number of anilines is 2. The van der Waals surface area contributed by atoms with Crippen LogP contribution in [0, 0.1) is 15.5 Å². The van der Waals surface area contributed by atoms with Crippen molar-refractivity contribution in [3.63, 3.8) is 0 Å². The molecule has 0 bridgehead atoms. The Hall–Kier alpha value is -5.48. The number of allylic oxidation sites excluding steroid dienone is 1. The zero-order valence-electron chi connectivity index (χ0n) is 35.6. The number of benzene rings is 3. The van der Waals surface area contributed by atoms with Crippen molar-refractivity contribution in [2.24, 2.45) is 5.41 Å². The van der Waals surface area contributed by atoms with Gasteiger partial charge in [-0.2, -0.15) is 0 Å². The lowest BCUT2D eigenvalue weighted by atomic mass is 9.72. The van der Waals surface area contributed by atoms with Crippen molar-refractivity contribution in [1.82, 2.24) is 24.5 Å². The minimum absolute atomic E-state index is 0.0197. The number of aromatic amines is 1. The summed E-state index contributed by atoms with van der Waals surface area (Å²) >= 11 is 6.25. The number of ether oxygens (including phenoxy) is 1. The monoisotopic (exact) mass is 892 g/mol. The summed E-state index contributed by atoms with van der Waals surface area (Å²) in [5, 5.41) is 16.9. The van der Waals surface area contributed by atoms with Crippen LogP contribution in [0.3, 0.4) is 0 Å². The molecule has 3 aromatic carbocycles. The number of hydrogen-bond donors (Lipinski definition) is 3. The third-order valence-corrected chi connectivity index (χ3v) is 14.6. The molecule has 3 N–H and O–H groups in total. The number of nitro groups is 1. The van der Waals surface area contributed by atoms with Gasteiger partial charge in [-0.25, -0.2) is 18.1 Å². The fourth-order valence-electron chi connectivity index (χ4n) is 9.28. The molecule has 3 fully saturated rings. The van der Waals surface area contributed by atoms with Crippen LogP contribution >= 0.6 is 11.6 Å². The molecule has 0 atom stereocenters. The first-order valence-electron chi connectivity index (χ1n) is 21.8. The number of piperazine rings is 1. The second-order valence-corrected chi connectivity index (χ2v) is 20.2. The molecule has 9 rings (SSSR count). The Morgan fingerprint density at radius 1 is 0.952 bits per heavy atom. The van der Waals surface area contributed by atoms with Crippen LogP contribution in [-0.2, 0) is 10.0 Å². The van der Waals surface area contributed by atoms with E-state index in [9.17, 15) is 23.3 Å². The van der Waals surface area contributed by atoms with Gasteiger partial charge in [-0.3, -0.25) is 19.8 Å². The van der Waals surface area contributed by atoms with E-state index in [2.05, 4.69) is 60.7 Å². The summed E-state index contributed by atoms with van der Waals surface area (Å²) in [4.78, 5) is 39.9. The topological polar surface area (TPSA) is 166 Å². The Morgan fingerprint density at radius 3 is 2.44 bits per heavy atom. The lowest BCUT2D eigenvalue weighted by Gasteiger charge is -2.39. The molecule has 1 amide bonds. The number of carbonyl (C=O) groups is 1. The van der Waals surface area contributed by atoms with Crippen LogP contribution < -0.4 is 19.7 Å². The molecule has 2 aliphatic carbocycles. The number of nitrogens with one attached hydrogen (secondary N) is 3. The van der Waals surface area contributed by atoms with E-state index in [0.29, 0.717) is 22.8 Å². The standard InChI is InChI=1S/C47H53ClN8O6S/c1-47(2)18-13-32(40(29-47)31-3-5-33(48)6-4-31)30-53-23-25-55(26-24-53)36-9-11-39(44(27-36)62-43-15-20-50-45-38(43)14-19-49-45)46(57)52-63(60,61)37-10-12-41(42(28-37)56(58)59)51-34-16-21-54(22-17-34)35-7-8-35/h3-6,9-12,14-15,19-20,27-28,34-35,51H,7-8,13,16-18,21-26,29-30H2,1-2H3,(H,49,50)(H,52,57). The first-order valence-corrected chi connectivity index (χ1v) is 23.7. The van der Waals surface area contributed by atoms with Crippen LogP contribution in [0.1, 0.15) is 74.7 Å². The van der Waals surface area contributed by atoms with Crippen LogP contribution in [-0.4, -0.2) is 96.9 Å². The zero-order chi connectivity index (χ0) is 43.9. The number of fused-ring (bicyclic) bond motifs is 1. The Balaban J connectivity index is 0.926. The maximum absolute atomic E-state index is 14.0. The van der Waals surface area contributed by atoms with E-state index in [-0.39, 0.29) is 34.1 Å². The van der Waals surface area contributed by atoms with E-state index in [1.807, 2.05) is 18.2 Å². The number of aromatic nitrogens is 2. The van der Waals surface area contributed by atoms with E-state index in [1.165, 1.54) is 41.7 Å². The van der Waals surface area contributed by atoms with Crippen LogP contribution in [0.5, 0.6) is 11.5 Å². The van der Waals surface area contributed by atoms with Gasteiger partial charge in [-0.05, 0) is 110 Å². The Bertz CT molecular complexity index is 2670. The lowest BCUT2D eigenvalue weighted by Crippen LogP contribution is -2.47. The number of piperidine rings is 1. The van der Waals surface area contributed by atoms with Crippen LogP contribution in [0.15, 0.2) is 95.7 Å². The summed E-state index contributed by atoms with van der Waals surface area (Å²) in [6.07, 6.45) is 10.6. The molecular weight excluding hydrogens is 840 g/mol. The highest BCUT2D eigenvalue weighted by Gasteiger charge is 2.34. The minimum Gasteiger partial charge on any atom is -0.456 e. The van der Waals surface area contributed by atoms with Gasteiger partial charge in [0.2, 0.25) is 0 Å². The third kappa shape index (κ3) is 9.71. The summed E-state index contributed by atoms with van der Waals surface area (Å²) in [6.45, 7) is 10.5. The first kappa shape index (κ1) is 42.8. The number of halogens is 1. The second-order valence-electron chi connectivity index (χ2n) is 18.1. The molecule has 0 radical (unpaired) electrons. The fraction of sp³-hybridized carbons (Fsp3) is 0.404. The van der Waals surface area contributed by atoms with Crippen LogP contribution in [0.25, 0.3) is 16.6 Å². The number of carbonyl (C=O) groups excluding carboxylic acids is 1. The Kier molecular flexibility index (Phi) is 12.0. The molecule has 4 aliphatic rings. The molecule has 4 heterocycles. The highest BCUT2D eigenvalue weighted by atomic mass is 35.5. The normalized spacial score (nSPS) is 19.0. The number of pyridine rings is 1. The van der Waals surface area contributed by atoms with Gasteiger partial charge in [-0.15, -0.1) is 0 Å². The van der Waals surface area contributed by atoms with Gasteiger partial charge in [0.05, 0.1) is 20.8 Å². The molecule has 63 heavy (non-hydrogen) atoms. The van der Waals surface area contributed by atoms with Gasteiger partial charge in [0.25, 0.3) is 21.6 Å². The smallest absolute Gasteiger partial charge is 0.293 e. The molecule has 330 valence electrons. The highest BCUT2D eigenvalue weighted by Crippen LogP contribution is 2.44. The van der Waals surface area contributed by atoms with Gasteiger partial charge < -0.3 is 24.8 Å². The maximum atomic E-state index is 14.0. The van der Waals surface area contributed by atoms with Crippen molar-refractivity contribution in [3.8, 4) is 11.5 Å². The number of rotatable bonds is 13. The second kappa shape index (κ2) is 17.6. The van der Waals surface area contributed by atoms with E-state index >= 15 is 0 Å². The van der Waals surface area contributed by atoms with Gasteiger partial charge in [-0.1, -0.05) is 43.2 Å². The molecular formula is C47H53ClN8O6S. The molecule has 2 saturated heterocycles. The Labute approximate surface area is 372 Å². The number of nitrogens with zero attached hydrogens (tertiary/aromatic N) is 5. The summed E-state index contributed by atoms with van der Waals surface area (Å²) in [5.74, 6) is -0.358. The zero-order valence-corrected chi connectivity index (χ0v) is 37.2. The summed E-state index contributed by atoms with van der Waals surface area (Å²) in [5.41, 5.74) is 5.61. The van der Waals surface area contributed by atoms with Crippen molar-refractivity contribution < 1.29 is 22.9 Å². The van der Waals surface area contributed by atoms with Crippen LogP contribution in [0.4, 0.5) is 17.1 Å². The molecule has 2 aromatic heterocycles. The number of nitro benzene ring substituents is 1. The number of H-pyrrole nitrogens is 1. The van der Waals surface area contributed by atoms with Gasteiger partial charge >= 0.3 is 0 Å². The minimum atomic E-state index is -4.55. The average Bonchev–Trinajstić information content (AvgIpc) is 4.00. The van der Waals surface area contributed by atoms with Crippen molar-refractivity contribution in [2.75, 3.05) is 56.0 Å². The highest BCUT2D eigenvalue weighted by molar-refractivity contribution is 7.90. The van der Waals surface area contributed by atoms with Crippen LogP contribution in [0.2, 0.25) is 5.02 Å². The maximum Gasteiger partial charge on any atom is 0.293 e. The SMILES string of the molecule is CC1(C)CCC(CN2CCN(c3ccc(C(=O)NS(=O)(=O)c4ccc(NC5CCN(C6CC6)CC5)c([N+](=O)[O-])c4)c(Oc4ccnc5[nH]ccc45)c3)CC2)=C(c2ccc(Cl)cc2)C1. The summed E-state index contributed by atoms with van der Waals surface area (Å²) in [6, 6.07) is 21.2. The molecule has 0 spiro atoms. The Morgan fingerprint density at radius 2 is 1.71 bits per heavy atom. The molecule has 16 heteroatoms. The summed E-state index contributed by atoms with van der Waals surface area (Å²) in [7, 11) is -4.55. The van der Waals surface area contributed by atoms with E-state index in [0.717, 1.165) is 94.7 Å². The molecule has 14 nitrogen and oxygen atoms in total. The van der Waals surface area contributed by atoms with Crippen molar-refractivity contribution in [3.05, 3.63) is 117 Å². The molecule has 5 aromatic rings. The van der Waals surface area contributed by atoms with E-state index in [1.54, 1.807) is 36.7 Å². The largest absolute Gasteiger partial charge is 0.456 e. The third-order valence-electron chi connectivity index (χ3n) is 13.0. The van der Waals surface area contributed by atoms with Gasteiger partial charge in [0.1, 0.15) is 22.8 Å². The summed E-state index contributed by atoms with van der Waals surface area (Å²) < 4.78 is 36.2. The van der Waals surface area contributed by atoms with Gasteiger partial charge in [0.15, 0.2) is 0 Å². The first-order chi connectivity index (χ1) is 30.3. The predicted molar refractivity (Wildman–Crippen MR) is 246 cm³/mol. The average molecular weight is 894 g/mol. The van der Waals surface area contributed by atoms with Gasteiger partial charge in [0, 0.05) is 93.1 Å². The number of amides is 1. The van der Waals surface area contributed by atoms with Crippen molar-refractivity contribution in [2.45, 2.75) is 75.8 Å². The quantitative estimate of drug-likeness (QED) is 0.0764. The molecule has 0 unspecified atom stereocenters. The lowest BCUT2D eigenvalue weighted by molar-refractivity contribution is -0.384. The fourth-order valence-corrected chi connectivity index (χ4v) is 10.4. The predicted octanol–water partition coefficient (Wildman–Crippen LogP) is 8.86. The number of likely N-dealkylation sites (tertiary alicyclic amines) is 1. The number of sulfonamides is 1. The molecule has 2 aliphatic heterocycles. The molecule has 1 saturated carbocycles. The number of hydrogen-bond acceptors (Lipinski definition) is 11. The van der Waals surface area contributed by atoms with Crippen molar-refractivity contribution in [1.29, 1.82) is 0 Å². The van der Waals surface area contributed by atoms with E-state index in [4.69, 9.17) is 16.3 Å². The van der Waals surface area contributed by atoms with Crippen molar-refractivity contribution >= 4 is 61.2 Å².